The SMILES string of the molecule is CC1CCCN(C(C)(C)CNC(=O)N[C@@H]2c3ccccc3C[C@@H]2O)C1. The highest BCUT2D eigenvalue weighted by atomic mass is 16.3. The molecule has 1 aromatic rings. The third-order valence-corrected chi connectivity index (χ3v) is 5.69. The van der Waals surface area contributed by atoms with Crippen molar-refractivity contribution in [3.05, 3.63) is 35.4 Å². The Morgan fingerprint density at radius 3 is 2.88 bits per heavy atom. The fraction of sp³-hybridized carbons (Fsp3) is 0.650. The number of benzene rings is 1. The summed E-state index contributed by atoms with van der Waals surface area (Å²) in [6.45, 7) is 9.44. The number of hydrogen-bond acceptors (Lipinski definition) is 3. The number of carbonyl (C=O) groups excluding carboxylic acids is 1. The Kier molecular flexibility index (Phi) is 5.35. The van der Waals surface area contributed by atoms with Gasteiger partial charge in [-0.3, -0.25) is 4.90 Å². The molecule has 3 rings (SSSR count). The van der Waals surface area contributed by atoms with Gasteiger partial charge in [-0.25, -0.2) is 4.79 Å². The van der Waals surface area contributed by atoms with Crippen LogP contribution in [0.25, 0.3) is 0 Å². The molecule has 3 atom stereocenters. The number of nitrogens with one attached hydrogen (secondary N) is 2. The molecule has 0 radical (unpaired) electrons. The molecule has 1 saturated heterocycles. The minimum Gasteiger partial charge on any atom is -0.390 e. The molecule has 1 aliphatic carbocycles. The molecular weight excluding hydrogens is 314 g/mol. The maximum absolute atomic E-state index is 12.4. The number of nitrogens with zero attached hydrogens (tertiary/aromatic N) is 1. The molecule has 2 amide bonds. The first-order valence-electron chi connectivity index (χ1n) is 9.42. The Morgan fingerprint density at radius 1 is 1.36 bits per heavy atom. The van der Waals surface area contributed by atoms with Gasteiger partial charge in [-0.05, 0) is 50.3 Å². The van der Waals surface area contributed by atoms with Crippen molar-refractivity contribution >= 4 is 6.03 Å². The molecule has 25 heavy (non-hydrogen) atoms. The predicted octanol–water partition coefficient (Wildman–Crippen LogP) is 2.45. The molecule has 0 spiro atoms. The van der Waals surface area contributed by atoms with Crippen molar-refractivity contribution in [2.45, 2.75) is 57.7 Å². The first kappa shape index (κ1) is 18.2. The van der Waals surface area contributed by atoms with Crippen LogP contribution in [0.5, 0.6) is 0 Å². The van der Waals surface area contributed by atoms with E-state index in [0.29, 0.717) is 18.9 Å². The van der Waals surface area contributed by atoms with Crippen LogP contribution in [0.4, 0.5) is 4.79 Å². The van der Waals surface area contributed by atoms with Crippen molar-refractivity contribution in [2.24, 2.45) is 5.92 Å². The van der Waals surface area contributed by atoms with Gasteiger partial charge in [0.05, 0.1) is 12.1 Å². The largest absolute Gasteiger partial charge is 0.390 e. The highest BCUT2D eigenvalue weighted by Gasteiger charge is 2.33. The summed E-state index contributed by atoms with van der Waals surface area (Å²) in [5, 5.41) is 16.2. The first-order valence-corrected chi connectivity index (χ1v) is 9.42. The standard InChI is InChI=1S/C20H31N3O2/c1-14-7-6-10-23(12-14)20(2,3)13-21-19(25)22-18-16-9-5-4-8-15(16)11-17(18)24/h4-5,8-9,14,17-18,24H,6-7,10-13H2,1-3H3,(H2,21,22,25)/t14?,17-,18+/m0/s1. The normalized spacial score (nSPS) is 27.0. The molecule has 138 valence electrons. The average Bonchev–Trinajstić information content (AvgIpc) is 2.89. The van der Waals surface area contributed by atoms with E-state index in [9.17, 15) is 9.90 Å². The Bertz CT molecular complexity index is 617. The van der Waals surface area contributed by atoms with Gasteiger partial charge >= 0.3 is 6.03 Å². The molecule has 0 bridgehead atoms. The van der Waals surface area contributed by atoms with Gasteiger partial charge in [0.1, 0.15) is 0 Å². The summed E-state index contributed by atoms with van der Waals surface area (Å²) in [6, 6.07) is 7.38. The molecule has 1 aliphatic heterocycles. The molecule has 1 fully saturated rings. The first-order chi connectivity index (χ1) is 11.9. The van der Waals surface area contributed by atoms with Crippen LogP contribution in [-0.2, 0) is 6.42 Å². The van der Waals surface area contributed by atoms with Crippen LogP contribution in [0, 0.1) is 5.92 Å². The van der Waals surface area contributed by atoms with Gasteiger partial charge in [0, 0.05) is 25.0 Å². The van der Waals surface area contributed by atoms with Crippen LogP contribution >= 0.6 is 0 Å². The fourth-order valence-electron chi connectivity index (χ4n) is 4.09. The Morgan fingerprint density at radius 2 is 2.12 bits per heavy atom. The molecule has 3 N–H and O–H groups in total. The average molecular weight is 345 g/mol. The van der Waals surface area contributed by atoms with Crippen LogP contribution in [0.2, 0.25) is 0 Å². The van der Waals surface area contributed by atoms with Crippen LogP contribution in [0.15, 0.2) is 24.3 Å². The topological polar surface area (TPSA) is 64.6 Å². The van der Waals surface area contributed by atoms with E-state index in [2.05, 4.69) is 36.3 Å². The van der Waals surface area contributed by atoms with Gasteiger partial charge in [-0.15, -0.1) is 0 Å². The molecule has 0 aromatic heterocycles. The molecule has 1 heterocycles. The van der Waals surface area contributed by atoms with Crippen molar-refractivity contribution in [1.82, 2.24) is 15.5 Å². The van der Waals surface area contributed by atoms with Gasteiger partial charge in [0.2, 0.25) is 0 Å². The lowest BCUT2D eigenvalue weighted by Crippen LogP contribution is -2.56. The van der Waals surface area contributed by atoms with Crippen LogP contribution in [0.3, 0.4) is 0 Å². The zero-order valence-electron chi connectivity index (χ0n) is 15.6. The van der Waals surface area contributed by atoms with Crippen LogP contribution in [-0.4, -0.2) is 47.3 Å². The summed E-state index contributed by atoms with van der Waals surface area (Å²) >= 11 is 0. The molecule has 1 aromatic carbocycles. The van der Waals surface area contributed by atoms with Gasteiger partial charge in [-0.2, -0.15) is 0 Å². The summed E-state index contributed by atoms with van der Waals surface area (Å²) in [6.07, 6.45) is 2.55. The van der Waals surface area contributed by atoms with E-state index in [1.807, 2.05) is 24.3 Å². The lowest BCUT2D eigenvalue weighted by molar-refractivity contribution is 0.0719. The van der Waals surface area contributed by atoms with E-state index in [1.165, 1.54) is 12.8 Å². The third kappa shape index (κ3) is 4.15. The Balaban J connectivity index is 1.54. The van der Waals surface area contributed by atoms with Crippen LogP contribution in [0.1, 0.15) is 50.8 Å². The van der Waals surface area contributed by atoms with Gasteiger partial charge < -0.3 is 15.7 Å². The van der Waals surface area contributed by atoms with E-state index in [-0.39, 0.29) is 17.6 Å². The summed E-state index contributed by atoms with van der Waals surface area (Å²) in [4.78, 5) is 14.9. The van der Waals surface area contributed by atoms with E-state index >= 15 is 0 Å². The summed E-state index contributed by atoms with van der Waals surface area (Å²) in [5.74, 6) is 0.715. The maximum Gasteiger partial charge on any atom is 0.315 e. The highest BCUT2D eigenvalue weighted by Crippen LogP contribution is 2.31. The van der Waals surface area contributed by atoms with Crippen molar-refractivity contribution in [3.63, 3.8) is 0 Å². The van der Waals surface area contributed by atoms with E-state index in [0.717, 1.165) is 24.2 Å². The number of urea groups is 1. The number of aliphatic hydroxyl groups excluding tert-OH is 1. The number of rotatable bonds is 4. The minimum absolute atomic E-state index is 0.0712. The lowest BCUT2D eigenvalue weighted by Gasteiger charge is -2.43. The number of amides is 2. The van der Waals surface area contributed by atoms with E-state index in [1.54, 1.807) is 0 Å². The molecule has 1 unspecified atom stereocenters. The van der Waals surface area contributed by atoms with Gasteiger partial charge in [0.15, 0.2) is 0 Å². The number of likely N-dealkylation sites (tertiary alicyclic amines) is 1. The summed E-state index contributed by atoms with van der Waals surface area (Å²) in [7, 11) is 0. The van der Waals surface area contributed by atoms with Crippen LogP contribution < -0.4 is 10.6 Å². The summed E-state index contributed by atoms with van der Waals surface area (Å²) in [5.41, 5.74) is 2.07. The molecule has 5 heteroatoms. The second-order valence-electron chi connectivity index (χ2n) is 8.28. The molecule has 5 nitrogen and oxygen atoms in total. The van der Waals surface area contributed by atoms with Gasteiger partial charge in [-0.1, -0.05) is 31.2 Å². The molecule has 0 saturated carbocycles. The number of fused-ring (bicyclic) bond motifs is 1. The fourth-order valence-corrected chi connectivity index (χ4v) is 4.09. The quantitative estimate of drug-likeness (QED) is 0.785. The number of piperidine rings is 1. The number of aliphatic hydroxyl groups is 1. The lowest BCUT2D eigenvalue weighted by atomic mass is 9.93. The number of hydrogen-bond donors (Lipinski definition) is 3. The third-order valence-electron chi connectivity index (χ3n) is 5.69. The second kappa shape index (κ2) is 7.34. The number of carbonyl (C=O) groups is 1. The molecule has 2 aliphatic rings. The summed E-state index contributed by atoms with van der Waals surface area (Å²) < 4.78 is 0. The van der Waals surface area contributed by atoms with Crippen molar-refractivity contribution in [1.29, 1.82) is 0 Å². The monoisotopic (exact) mass is 345 g/mol. The Labute approximate surface area is 150 Å². The zero-order valence-corrected chi connectivity index (χ0v) is 15.6. The molecular formula is C20H31N3O2. The predicted molar refractivity (Wildman–Crippen MR) is 99.5 cm³/mol. The minimum atomic E-state index is -0.556. The van der Waals surface area contributed by atoms with E-state index in [4.69, 9.17) is 0 Å². The highest BCUT2D eigenvalue weighted by molar-refractivity contribution is 5.75. The van der Waals surface area contributed by atoms with E-state index < -0.39 is 6.10 Å². The van der Waals surface area contributed by atoms with Crippen molar-refractivity contribution in [3.8, 4) is 0 Å². The maximum atomic E-state index is 12.4. The van der Waals surface area contributed by atoms with Crippen molar-refractivity contribution in [2.75, 3.05) is 19.6 Å². The second-order valence-corrected chi connectivity index (χ2v) is 8.28. The Hall–Kier alpha value is -1.59. The zero-order chi connectivity index (χ0) is 18.0. The van der Waals surface area contributed by atoms with Gasteiger partial charge in [0.25, 0.3) is 0 Å². The van der Waals surface area contributed by atoms with Crippen molar-refractivity contribution < 1.29 is 9.90 Å². The smallest absolute Gasteiger partial charge is 0.315 e.